The number of nitrogens with one attached hydrogen (secondary N) is 2. The minimum atomic E-state index is 0.0228. The van der Waals surface area contributed by atoms with E-state index in [1.54, 1.807) is 12.4 Å². The molecule has 1 aromatic carbocycles. The average Bonchev–Trinajstić information content (AvgIpc) is 2.88. The molecular formula is C25H31N7O2. The zero-order valence-electron chi connectivity index (χ0n) is 19.7. The molecule has 9 nitrogen and oxygen atoms in total. The number of rotatable bonds is 9. The van der Waals surface area contributed by atoms with Crippen molar-refractivity contribution in [2.75, 3.05) is 56.5 Å². The van der Waals surface area contributed by atoms with E-state index in [2.05, 4.69) is 49.6 Å². The van der Waals surface area contributed by atoms with E-state index in [0.29, 0.717) is 37.0 Å². The predicted octanol–water partition coefficient (Wildman–Crippen LogP) is 3.02. The Morgan fingerprint density at radius 3 is 2.56 bits per heavy atom. The molecule has 0 aliphatic carbocycles. The topological polar surface area (TPSA) is 95.5 Å². The fraction of sp³-hybridized carbons (Fsp3) is 0.360. The third-order valence-corrected chi connectivity index (χ3v) is 5.62. The number of likely N-dealkylation sites (N-methyl/N-ethyl adjacent to an activating group) is 1. The van der Waals surface area contributed by atoms with Crippen LogP contribution in [0.5, 0.6) is 11.6 Å². The van der Waals surface area contributed by atoms with Gasteiger partial charge in [-0.2, -0.15) is 4.98 Å². The molecule has 0 spiro atoms. The van der Waals surface area contributed by atoms with Crippen molar-refractivity contribution >= 4 is 17.5 Å². The highest BCUT2D eigenvalue weighted by atomic mass is 16.5. The first-order chi connectivity index (χ1) is 16.6. The number of carbonyl (C=O) groups is 1. The third kappa shape index (κ3) is 6.41. The molecule has 0 bridgehead atoms. The van der Waals surface area contributed by atoms with Crippen LogP contribution < -0.4 is 20.3 Å². The Morgan fingerprint density at radius 2 is 1.79 bits per heavy atom. The van der Waals surface area contributed by atoms with Crippen molar-refractivity contribution in [3.63, 3.8) is 0 Å². The molecule has 1 amide bonds. The number of piperazine rings is 1. The molecule has 0 atom stereocenters. The number of amides is 1. The largest absolute Gasteiger partial charge is 0.437 e. The number of hydrogen-bond acceptors (Lipinski definition) is 8. The monoisotopic (exact) mass is 461 g/mol. The molecule has 34 heavy (non-hydrogen) atoms. The fourth-order valence-corrected chi connectivity index (χ4v) is 3.61. The van der Waals surface area contributed by atoms with Crippen LogP contribution in [-0.4, -0.2) is 72.1 Å². The summed E-state index contributed by atoms with van der Waals surface area (Å²) in [5.74, 6) is 2.69. The highest BCUT2D eigenvalue weighted by molar-refractivity contribution is 5.75. The third-order valence-electron chi connectivity index (χ3n) is 5.62. The molecule has 1 aliphatic heterocycles. The van der Waals surface area contributed by atoms with Gasteiger partial charge in [0.25, 0.3) is 0 Å². The molecule has 178 valence electrons. The molecule has 2 aromatic heterocycles. The van der Waals surface area contributed by atoms with E-state index in [4.69, 9.17) is 9.72 Å². The Morgan fingerprint density at radius 1 is 1.00 bits per heavy atom. The van der Waals surface area contributed by atoms with Crippen LogP contribution in [-0.2, 0) is 4.79 Å². The highest BCUT2D eigenvalue weighted by Gasteiger charge is 2.15. The lowest BCUT2D eigenvalue weighted by atomic mass is 10.1. The van der Waals surface area contributed by atoms with Crippen LogP contribution in [0, 0.1) is 0 Å². The van der Waals surface area contributed by atoms with Gasteiger partial charge in [0, 0.05) is 51.3 Å². The van der Waals surface area contributed by atoms with Crippen LogP contribution >= 0.6 is 0 Å². The molecule has 1 aliphatic rings. The second-order valence-electron chi connectivity index (χ2n) is 8.17. The number of nitrogens with zero attached hydrogens (tertiary/aromatic N) is 5. The summed E-state index contributed by atoms with van der Waals surface area (Å²) in [6.45, 7) is 6.97. The van der Waals surface area contributed by atoms with Gasteiger partial charge >= 0.3 is 0 Å². The first kappa shape index (κ1) is 23.4. The zero-order valence-corrected chi connectivity index (χ0v) is 19.7. The lowest BCUT2D eigenvalue weighted by Gasteiger charge is -2.33. The van der Waals surface area contributed by atoms with Crippen LogP contribution in [0.2, 0.25) is 0 Å². The summed E-state index contributed by atoms with van der Waals surface area (Å²) in [5.41, 5.74) is 1.96. The quantitative estimate of drug-likeness (QED) is 0.470. The van der Waals surface area contributed by atoms with E-state index in [-0.39, 0.29) is 5.91 Å². The van der Waals surface area contributed by atoms with Gasteiger partial charge in [-0.25, -0.2) is 4.98 Å². The molecule has 9 heteroatoms. The van der Waals surface area contributed by atoms with Gasteiger partial charge in [0.2, 0.25) is 11.8 Å². The standard InChI is InChI=1S/C25H31N7O2/c1-3-24(33)28-12-11-27-22-17-26-18-25(30-22)34-20-9-7-19(8-10-20)21-5-4-6-23(29-21)32-15-13-31(2)14-16-32/h4-10,17-18H,3,11-16H2,1-2H3,(H,27,30)(H,28,33). The second kappa shape index (κ2) is 11.4. The number of ether oxygens (including phenoxy) is 1. The van der Waals surface area contributed by atoms with Gasteiger partial charge in [-0.15, -0.1) is 0 Å². The van der Waals surface area contributed by atoms with E-state index < -0.39 is 0 Å². The van der Waals surface area contributed by atoms with Crippen molar-refractivity contribution in [2.24, 2.45) is 0 Å². The molecule has 3 heterocycles. The Labute approximate surface area is 200 Å². The van der Waals surface area contributed by atoms with E-state index >= 15 is 0 Å². The lowest BCUT2D eigenvalue weighted by Crippen LogP contribution is -2.44. The maximum absolute atomic E-state index is 11.3. The van der Waals surface area contributed by atoms with Gasteiger partial charge in [-0.05, 0) is 43.4 Å². The van der Waals surface area contributed by atoms with E-state index in [0.717, 1.165) is 43.3 Å². The van der Waals surface area contributed by atoms with Gasteiger partial charge in [-0.1, -0.05) is 13.0 Å². The highest BCUT2D eigenvalue weighted by Crippen LogP contribution is 2.26. The lowest BCUT2D eigenvalue weighted by molar-refractivity contribution is -0.120. The Bertz CT molecular complexity index is 1080. The average molecular weight is 462 g/mol. The number of aromatic nitrogens is 3. The number of carbonyl (C=O) groups excluding carboxylic acids is 1. The summed E-state index contributed by atoms with van der Waals surface area (Å²) >= 11 is 0. The zero-order chi connectivity index (χ0) is 23.8. The maximum Gasteiger partial charge on any atom is 0.239 e. The van der Waals surface area contributed by atoms with Crippen molar-refractivity contribution in [1.82, 2.24) is 25.2 Å². The summed E-state index contributed by atoms with van der Waals surface area (Å²) in [6.07, 6.45) is 3.66. The number of anilines is 2. The number of hydrogen-bond donors (Lipinski definition) is 2. The maximum atomic E-state index is 11.3. The first-order valence-corrected chi connectivity index (χ1v) is 11.6. The molecule has 1 fully saturated rings. The number of benzene rings is 1. The molecular weight excluding hydrogens is 430 g/mol. The normalized spacial score (nSPS) is 14.0. The molecule has 0 unspecified atom stereocenters. The molecule has 3 aromatic rings. The smallest absolute Gasteiger partial charge is 0.239 e. The summed E-state index contributed by atoms with van der Waals surface area (Å²) in [6, 6.07) is 14.0. The van der Waals surface area contributed by atoms with E-state index in [9.17, 15) is 4.79 Å². The molecule has 1 saturated heterocycles. The molecule has 2 N–H and O–H groups in total. The van der Waals surface area contributed by atoms with Crippen molar-refractivity contribution in [1.29, 1.82) is 0 Å². The molecule has 0 radical (unpaired) electrons. The minimum absolute atomic E-state index is 0.0228. The Kier molecular flexibility index (Phi) is 7.87. The van der Waals surface area contributed by atoms with Crippen molar-refractivity contribution in [3.05, 3.63) is 54.9 Å². The fourth-order valence-electron chi connectivity index (χ4n) is 3.61. The van der Waals surface area contributed by atoms with Gasteiger partial charge in [0.05, 0.1) is 18.1 Å². The molecule has 4 rings (SSSR count). The van der Waals surface area contributed by atoms with E-state index in [1.807, 2.05) is 37.3 Å². The summed E-state index contributed by atoms with van der Waals surface area (Å²) < 4.78 is 5.88. The summed E-state index contributed by atoms with van der Waals surface area (Å²) in [4.78, 5) is 29.5. The van der Waals surface area contributed by atoms with Gasteiger partial charge in [0.15, 0.2) is 0 Å². The molecule has 0 saturated carbocycles. The van der Waals surface area contributed by atoms with Gasteiger partial charge < -0.3 is 25.2 Å². The van der Waals surface area contributed by atoms with Crippen LogP contribution in [0.3, 0.4) is 0 Å². The van der Waals surface area contributed by atoms with Crippen molar-refractivity contribution < 1.29 is 9.53 Å². The summed E-state index contributed by atoms with van der Waals surface area (Å²) in [5, 5.41) is 5.94. The van der Waals surface area contributed by atoms with Crippen LogP contribution in [0.15, 0.2) is 54.9 Å². The summed E-state index contributed by atoms with van der Waals surface area (Å²) in [7, 11) is 2.15. The van der Waals surface area contributed by atoms with E-state index in [1.165, 1.54) is 0 Å². The Hall–Kier alpha value is -3.72. The SMILES string of the molecule is CCC(=O)NCCNc1cncc(Oc2ccc(-c3cccc(N4CCN(C)CC4)n3)cc2)n1. The van der Waals surface area contributed by atoms with Crippen LogP contribution in [0.1, 0.15) is 13.3 Å². The minimum Gasteiger partial charge on any atom is -0.437 e. The van der Waals surface area contributed by atoms with Crippen LogP contribution in [0.4, 0.5) is 11.6 Å². The van der Waals surface area contributed by atoms with Crippen molar-refractivity contribution in [2.45, 2.75) is 13.3 Å². The van der Waals surface area contributed by atoms with Gasteiger partial charge in [-0.3, -0.25) is 9.78 Å². The number of pyridine rings is 1. The second-order valence-corrected chi connectivity index (χ2v) is 8.17. The van der Waals surface area contributed by atoms with Crippen LogP contribution in [0.25, 0.3) is 11.3 Å². The van der Waals surface area contributed by atoms with Crippen molar-refractivity contribution in [3.8, 4) is 22.9 Å². The first-order valence-electron chi connectivity index (χ1n) is 11.6. The van der Waals surface area contributed by atoms with Gasteiger partial charge in [0.1, 0.15) is 17.4 Å². The Balaban J connectivity index is 1.35. The predicted molar refractivity (Wildman–Crippen MR) is 133 cm³/mol.